The number of halogens is 2. The van der Waals surface area contributed by atoms with Crippen LogP contribution in [0.2, 0.25) is 10.0 Å². The molecule has 0 saturated heterocycles. The summed E-state index contributed by atoms with van der Waals surface area (Å²) in [6, 6.07) is 15.0. The van der Waals surface area contributed by atoms with Crippen molar-refractivity contribution in [2.24, 2.45) is 5.92 Å². The number of carbonyl (C=O) groups is 1. The average molecular weight is 614 g/mol. The van der Waals surface area contributed by atoms with Gasteiger partial charge in [0.25, 0.3) is 5.91 Å². The molecule has 10 heteroatoms. The van der Waals surface area contributed by atoms with E-state index in [4.69, 9.17) is 40.7 Å². The van der Waals surface area contributed by atoms with Gasteiger partial charge in [0, 0.05) is 25.8 Å². The highest BCUT2D eigenvalue weighted by Crippen LogP contribution is 2.31. The van der Waals surface area contributed by atoms with Gasteiger partial charge in [-0.1, -0.05) is 81.1 Å². The topological polar surface area (TPSA) is 86.0 Å². The van der Waals surface area contributed by atoms with Crippen molar-refractivity contribution >= 4 is 46.4 Å². The fraction of sp³-hybridized carbons (Fsp3) is 0.419. The Morgan fingerprint density at radius 3 is 2.59 bits per heavy atom. The molecule has 0 aliphatic rings. The molecule has 7 nitrogen and oxygen atoms in total. The van der Waals surface area contributed by atoms with Crippen molar-refractivity contribution in [2.45, 2.75) is 65.3 Å². The van der Waals surface area contributed by atoms with Gasteiger partial charge in [-0.05, 0) is 66.7 Å². The minimum absolute atomic E-state index is 0.209. The second-order valence-corrected chi connectivity index (χ2v) is 11.6. The maximum Gasteiger partial charge on any atom is 0.252 e. The average Bonchev–Trinajstić information content (AvgIpc) is 3.41. The molecule has 3 rings (SSSR count). The van der Waals surface area contributed by atoms with Crippen LogP contribution in [0.3, 0.4) is 0 Å². The summed E-state index contributed by atoms with van der Waals surface area (Å²) in [5, 5.41) is 15.1. The quantitative estimate of drug-likeness (QED) is 0.117. The Labute approximate surface area is 258 Å². The molecule has 0 bridgehead atoms. The van der Waals surface area contributed by atoms with Gasteiger partial charge < -0.3 is 9.88 Å². The van der Waals surface area contributed by atoms with Gasteiger partial charge in [0.05, 0.1) is 39.6 Å². The number of nitrogens with zero attached hydrogens (tertiary/aromatic N) is 4. The number of imidazole rings is 1. The van der Waals surface area contributed by atoms with Gasteiger partial charge in [0.1, 0.15) is 0 Å². The molecular weight excluding hydrogens is 575 g/mol. The number of unbranched alkanes of at least 4 members (excludes halogenated alkanes) is 2. The summed E-state index contributed by atoms with van der Waals surface area (Å²) in [7, 11) is 0. The standard InChI is InChI=1S/C31H38Cl2N6OS/c1-4-5-6-15-36-31(41)39(37-16-14-22(2)3)30(40)26(17-25-8-7-9-27(32)29(25)33)28-19-35-21-38(28)20-24-12-10-23(18-34)11-13-24/h7-13,19,21-22,26,37H,4-6,14-17,20H2,1-3H3,(H,36,41). The summed E-state index contributed by atoms with van der Waals surface area (Å²) in [5.74, 6) is -0.409. The zero-order valence-electron chi connectivity index (χ0n) is 23.9. The highest BCUT2D eigenvalue weighted by Gasteiger charge is 2.32. The van der Waals surface area contributed by atoms with Gasteiger partial charge in [-0.15, -0.1) is 0 Å². The number of hydrogen-bond acceptors (Lipinski definition) is 5. The molecule has 1 amide bonds. The van der Waals surface area contributed by atoms with Crippen molar-refractivity contribution in [3.05, 3.63) is 87.4 Å². The van der Waals surface area contributed by atoms with Crippen molar-refractivity contribution in [3.63, 3.8) is 0 Å². The summed E-state index contributed by atoms with van der Waals surface area (Å²) in [5.41, 5.74) is 6.34. The van der Waals surface area contributed by atoms with Crippen LogP contribution < -0.4 is 10.7 Å². The number of nitrogens with one attached hydrogen (secondary N) is 2. The van der Waals surface area contributed by atoms with Crippen LogP contribution in [0.25, 0.3) is 0 Å². The van der Waals surface area contributed by atoms with Crippen molar-refractivity contribution in [1.29, 1.82) is 5.26 Å². The van der Waals surface area contributed by atoms with Crippen LogP contribution in [0.5, 0.6) is 0 Å². The second kappa shape index (κ2) is 16.5. The number of thiocarbonyl (C=S) groups is 1. The zero-order valence-corrected chi connectivity index (χ0v) is 26.2. The van der Waals surface area contributed by atoms with E-state index < -0.39 is 5.92 Å². The Morgan fingerprint density at radius 1 is 1.15 bits per heavy atom. The van der Waals surface area contributed by atoms with E-state index in [0.717, 1.165) is 42.5 Å². The predicted molar refractivity (Wildman–Crippen MR) is 170 cm³/mol. The summed E-state index contributed by atoms with van der Waals surface area (Å²) in [4.78, 5) is 18.8. The summed E-state index contributed by atoms with van der Waals surface area (Å²) in [6.45, 7) is 8.18. The minimum atomic E-state index is -0.659. The first kappa shape index (κ1) is 32.6. The molecule has 0 aliphatic heterocycles. The van der Waals surface area contributed by atoms with E-state index in [0.29, 0.717) is 52.7 Å². The molecule has 1 atom stereocenters. The van der Waals surface area contributed by atoms with Crippen molar-refractivity contribution in [3.8, 4) is 6.07 Å². The lowest BCUT2D eigenvalue weighted by Crippen LogP contribution is -2.54. The highest BCUT2D eigenvalue weighted by molar-refractivity contribution is 7.80. The lowest BCUT2D eigenvalue weighted by atomic mass is 9.95. The monoisotopic (exact) mass is 612 g/mol. The Balaban J connectivity index is 1.98. The van der Waals surface area contributed by atoms with Crippen LogP contribution >= 0.6 is 35.4 Å². The SMILES string of the molecule is CCCCCNC(=S)N(NCCC(C)C)C(=O)C(Cc1cccc(Cl)c1Cl)c1cncn1Cc1ccc(C#N)cc1. The van der Waals surface area contributed by atoms with Gasteiger partial charge in [0.2, 0.25) is 0 Å². The van der Waals surface area contributed by atoms with Crippen LogP contribution in [0.4, 0.5) is 0 Å². The van der Waals surface area contributed by atoms with E-state index in [1.54, 1.807) is 30.7 Å². The molecule has 0 aliphatic carbocycles. The molecule has 1 unspecified atom stereocenters. The molecular formula is C31H38Cl2N6OS. The van der Waals surface area contributed by atoms with Gasteiger partial charge in [-0.3, -0.25) is 4.79 Å². The van der Waals surface area contributed by atoms with Gasteiger partial charge >= 0.3 is 0 Å². The number of nitriles is 1. The van der Waals surface area contributed by atoms with Gasteiger partial charge in [-0.25, -0.2) is 15.4 Å². The summed E-state index contributed by atoms with van der Waals surface area (Å²) >= 11 is 18.7. The third kappa shape index (κ3) is 9.54. The van der Waals surface area contributed by atoms with Crippen LogP contribution in [0, 0.1) is 17.2 Å². The molecule has 3 aromatic rings. The zero-order chi connectivity index (χ0) is 29.8. The number of benzene rings is 2. The van der Waals surface area contributed by atoms with E-state index in [9.17, 15) is 4.79 Å². The first-order valence-electron chi connectivity index (χ1n) is 14.0. The Bertz CT molecular complexity index is 1340. The van der Waals surface area contributed by atoms with Crippen LogP contribution in [0.1, 0.15) is 74.8 Å². The largest absolute Gasteiger partial charge is 0.361 e. The van der Waals surface area contributed by atoms with Crippen LogP contribution in [0.15, 0.2) is 55.0 Å². The molecule has 0 radical (unpaired) electrons. The van der Waals surface area contributed by atoms with Crippen LogP contribution in [-0.2, 0) is 17.8 Å². The lowest BCUT2D eigenvalue weighted by Gasteiger charge is -2.29. The fourth-order valence-electron chi connectivity index (χ4n) is 4.40. The van der Waals surface area contributed by atoms with E-state index in [-0.39, 0.29) is 5.91 Å². The molecule has 41 heavy (non-hydrogen) atoms. The fourth-order valence-corrected chi connectivity index (χ4v) is 5.05. The normalized spacial score (nSPS) is 11.7. The van der Waals surface area contributed by atoms with Gasteiger partial charge in [-0.2, -0.15) is 5.26 Å². The van der Waals surface area contributed by atoms with Gasteiger partial charge in [0.15, 0.2) is 5.11 Å². The number of aromatic nitrogens is 2. The Kier molecular flexibility index (Phi) is 13.1. The molecule has 1 aromatic heterocycles. The number of hydrogen-bond donors (Lipinski definition) is 2. The smallest absolute Gasteiger partial charge is 0.252 e. The number of carbonyl (C=O) groups excluding carboxylic acids is 1. The number of rotatable bonds is 14. The van der Waals surface area contributed by atoms with Crippen molar-refractivity contribution in [1.82, 2.24) is 25.3 Å². The summed E-state index contributed by atoms with van der Waals surface area (Å²) < 4.78 is 1.95. The first-order chi connectivity index (χ1) is 19.7. The molecule has 218 valence electrons. The summed E-state index contributed by atoms with van der Waals surface area (Å²) in [6.07, 6.45) is 7.75. The molecule has 2 aromatic carbocycles. The highest BCUT2D eigenvalue weighted by atomic mass is 35.5. The molecule has 0 saturated carbocycles. The molecule has 0 spiro atoms. The Morgan fingerprint density at radius 2 is 1.90 bits per heavy atom. The minimum Gasteiger partial charge on any atom is -0.361 e. The third-order valence-corrected chi connectivity index (χ3v) is 7.95. The van der Waals surface area contributed by atoms with Crippen LogP contribution in [-0.4, -0.2) is 38.7 Å². The maximum atomic E-state index is 14.4. The lowest BCUT2D eigenvalue weighted by molar-refractivity contribution is -0.131. The van der Waals surface area contributed by atoms with E-state index >= 15 is 0 Å². The molecule has 0 fully saturated rings. The maximum absolute atomic E-state index is 14.4. The van der Waals surface area contributed by atoms with E-state index in [1.807, 2.05) is 28.8 Å². The molecule has 2 N–H and O–H groups in total. The molecule has 1 heterocycles. The van der Waals surface area contributed by atoms with Crippen molar-refractivity contribution in [2.75, 3.05) is 13.1 Å². The van der Waals surface area contributed by atoms with Crippen molar-refractivity contribution < 1.29 is 4.79 Å². The number of hydrazine groups is 1. The van der Waals surface area contributed by atoms with E-state index in [2.05, 4.69) is 42.6 Å². The predicted octanol–water partition coefficient (Wildman–Crippen LogP) is 6.88. The number of amides is 1. The van der Waals surface area contributed by atoms with E-state index in [1.165, 1.54) is 5.01 Å². The Hall–Kier alpha value is -2.96. The third-order valence-electron chi connectivity index (χ3n) is 6.76. The second-order valence-electron chi connectivity index (χ2n) is 10.4. The first-order valence-corrected chi connectivity index (χ1v) is 15.2.